The normalized spacial score (nSPS) is 10.4. The average molecular weight is 415 g/mol. The number of rotatable bonds is 5. The molecule has 0 aliphatic carbocycles. The zero-order chi connectivity index (χ0) is 20.1. The molecule has 0 saturated carbocycles. The second-order valence-electron chi connectivity index (χ2n) is 5.98. The summed E-state index contributed by atoms with van der Waals surface area (Å²) in [5.41, 5.74) is 2.84. The van der Waals surface area contributed by atoms with E-state index >= 15 is 0 Å². The maximum atomic E-state index is 13.3. The minimum Gasteiger partial charge on any atom is -0.462 e. The summed E-state index contributed by atoms with van der Waals surface area (Å²) in [6.07, 6.45) is 0. The fourth-order valence-corrected chi connectivity index (χ4v) is 3.95. The van der Waals surface area contributed by atoms with Gasteiger partial charge in [0.15, 0.2) is 5.11 Å². The van der Waals surface area contributed by atoms with Gasteiger partial charge in [-0.25, -0.2) is 9.18 Å². The van der Waals surface area contributed by atoms with Gasteiger partial charge in [-0.2, -0.15) is 0 Å². The van der Waals surface area contributed by atoms with Gasteiger partial charge in [-0.05, 0) is 61.5 Å². The van der Waals surface area contributed by atoms with Gasteiger partial charge in [0.05, 0.1) is 12.2 Å². The van der Waals surface area contributed by atoms with Crippen LogP contribution in [0.25, 0.3) is 10.4 Å². The van der Waals surface area contributed by atoms with Gasteiger partial charge in [0.2, 0.25) is 0 Å². The molecule has 2 N–H and O–H groups in total. The van der Waals surface area contributed by atoms with Crippen LogP contribution in [0.5, 0.6) is 0 Å². The first-order valence-corrected chi connectivity index (χ1v) is 9.91. The summed E-state index contributed by atoms with van der Waals surface area (Å²) in [7, 11) is 0. The number of halogens is 1. The standard InChI is InChI=1S/C21H19FN2O2S2/c1-3-26-20(25)16-12-18(14-7-5-4-6-8-14)28-19(16)24-21(27)23-17-10-9-15(22)11-13(17)2/h4-12H,3H2,1-2H3,(H2,23,24,27). The fraction of sp³-hybridized carbons (Fsp3) is 0.143. The lowest BCUT2D eigenvalue weighted by Crippen LogP contribution is -2.20. The third-order valence-corrected chi connectivity index (χ3v) is 5.25. The Bertz CT molecular complexity index is 1000. The molecule has 0 radical (unpaired) electrons. The van der Waals surface area contributed by atoms with Crippen molar-refractivity contribution in [2.45, 2.75) is 13.8 Å². The first-order valence-electron chi connectivity index (χ1n) is 8.68. The van der Waals surface area contributed by atoms with E-state index in [1.54, 1.807) is 26.0 Å². The lowest BCUT2D eigenvalue weighted by molar-refractivity contribution is 0.0528. The number of hydrogen-bond donors (Lipinski definition) is 2. The largest absolute Gasteiger partial charge is 0.462 e. The highest BCUT2D eigenvalue weighted by atomic mass is 32.1. The molecule has 0 spiro atoms. The second-order valence-corrected chi connectivity index (χ2v) is 7.44. The van der Waals surface area contributed by atoms with E-state index in [0.29, 0.717) is 21.4 Å². The highest BCUT2D eigenvalue weighted by Crippen LogP contribution is 2.36. The molecule has 0 aliphatic heterocycles. The number of thiophene rings is 1. The molecule has 3 aromatic rings. The van der Waals surface area contributed by atoms with E-state index in [2.05, 4.69) is 10.6 Å². The summed E-state index contributed by atoms with van der Waals surface area (Å²) in [5.74, 6) is -0.721. The van der Waals surface area contributed by atoms with Gasteiger partial charge in [-0.15, -0.1) is 11.3 Å². The summed E-state index contributed by atoms with van der Waals surface area (Å²) in [5, 5.41) is 7.02. The van der Waals surface area contributed by atoms with E-state index in [1.165, 1.54) is 23.5 Å². The second kappa shape index (κ2) is 8.95. The molecule has 0 atom stereocenters. The van der Waals surface area contributed by atoms with E-state index < -0.39 is 5.97 Å². The molecule has 0 amide bonds. The van der Waals surface area contributed by atoms with Crippen LogP contribution in [0.2, 0.25) is 0 Å². The zero-order valence-electron chi connectivity index (χ0n) is 15.4. The summed E-state index contributed by atoms with van der Waals surface area (Å²) in [6.45, 7) is 3.84. The third-order valence-electron chi connectivity index (χ3n) is 3.95. The van der Waals surface area contributed by atoms with E-state index in [1.807, 2.05) is 30.3 Å². The molecule has 3 rings (SSSR count). The maximum absolute atomic E-state index is 13.3. The maximum Gasteiger partial charge on any atom is 0.341 e. The summed E-state index contributed by atoms with van der Waals surface area (Å²) in [4.78, 5) is 13.3. The third kappa shape index (κ3) is 4.74. The number of anilines is 2. The Balaban J connectivity index is 1.85. The van der Waals surface area contributed by atoms with Crippen molar-refractivity contribution in [2.24, 2.45) is 0 Å². The van der Waals surface area contributed by atoms with Crippen LogP contribution in [-0.4, -0.2) is 17.7 Å². The van der Waals surface area contributed by atoms with Crippen LogP contribution >= 0.6 is 23.6 Å². The first kappa shape index (κ1) is 20.0. The lowest BCUT2D eigenvalue weighted by atomic mass is 10.1. The van der Waals surface area contributed by atoms with Crippen LogP contribution < -0.4 is 10.6 Å². The van der Waals surface area contributed by atoms with Crippen molar-refractivity contribution >= 4 is 45.3 Å². The Morgan fingerprint density at radius 2 is 1.89 bits per heavy atom. The Morgan fingerprint density at radius 3 is 2.57 bits per heavy atom. The van der Waals surface area contributed by atoms with Crippen LogP contribution in [0.1, 0.15) is 22.8 Å². The smallest absolute Gasteiger partial charge is 0.341 e. The number of carbonyl (C=O) groups excluding carboxylic acids is 1. The lowest BCUT2D eigenvalue weighted by Gasteiger charge is -2.12. The molecule has 0 bridgehead atoms. The number of aryl methyl sites for hydroxylation is 1. The van der Waals surface area contributed by atoms with Gasteiger partial charge in [-0.3, -0.25) is 0 Å². The van der Waals surface area contributed by atoms with Crippen molar-refractivity contribution in [1.29, 1.82) is 0 Å². The van der Waals surface area contributed by atoms with Crippen molar-refractivity contribution in [2.75, 3.05) is 17.2 Å². The minimum atomic E-state index is -0.413. The number of esters is 1. The van der Waals surface area contributed by atoms with Crippen LogP contribution in [0.3, 0.4) is 0 Å². The summed E-state index contributed by atoms with van der Waals surface area (Å²) in [6, 6.07) is 16.0. The van der Waals surface area contributed by atoms with E-state index in [-0.39, 0.29) is 12.4 Å². The molecule has 2 aromatic carbocycles. The molecule has 0 saturated heterocycles. The van der Waals surface area contributed by atoms with Gasteiger partial charge in [-0.1, -0.05) is 30.3 Å². The number of hydrogen-bond acceptors (Lipinski definition) is 4. The van der Waals surface area contributed by atoms with Gasteiger partial charge in [0.25, 0.3) is 0 Å². The Kier molecular flexibility index (Phi) is 6.38. The molecule has 4 nitrogen and oxygen atoms in total. The molecule has 0 fully saturated rings. The zero-order valence-corrected chi connectivity index (χ0v) is 17.0. The van der Waals surface area contributed by atoms with Crippen molar-refractivity contribution in [3.05, 3.63) is 71.5 Å². The van der Waals surface area contributed by atoms with Gasteiger partial charge in [0, 0.05) is 10.6 Å². The van der Waals surface area contributed by atoms with Crippen LogP contribution in [0.15, 0.2) is 54.6 Å². The number of benzene rings is 2. The number of ether oxygens (including phenoxy) is 1. The molecule has 144 valence electrons. The average Bonchev–Trinajstić information content (AvgIpc) is 3.09. The molecule has 1 aromatic heterocycles. The molecule has 1 heterocycles. The highest BCUT2D eigenvalue weighted by Gasteiger charge is 2.19. The van der Waals surface area contributed by atoms with Gasteiger partial charge in [0.1, 0.15) is 10.8 Å². The Hall–Kier alpha value is -2.77. The molecule has 7 heteroatoms. The fourth-order valence-electron chi connectivity index (χ4n) is 2.61. The molecule has 0 unspecified atom stereocenters. The highest BCUT2D eigenvalue weighted by molar-refractivity contribution is 7.80. The van der Waals surface area contributed by atoms with Crippen LogP contribution in [-0.2, 0) is 4.74 Å². The quantitative estimate of drug-likeness (QED) is 0.405. The van der Waals surface area contributed by atoms with Crippen molar-refractivity contribution in [1.82, 2.24) is 0 Å². The Morgan fingerprint density at radius 1 is 1.14 bits per heavy atom. The Labute approximate surface area is 172 Å². The molecular formula is C21H19FN2O2S2. The van der Waals surface area contributed by atoms with E-state index in [0.717, 1.165) is 16.0 Å². The van der Waals surface area contributed by atoms with E-state index in [4.69, 9.17) is 17.0 Å². The topological polar surface area (TPSA) is 50.4 Å². The molecule has 28 heavy (non-hydrogen) atoms. The SMILES string of the molecule is CCOC(=O)c1cc(-c2ccccc2)sc1NC(=S)Nc1ccc(F)cc1C. The van der Waals surface area contributed by atoms with Crippen LogP contribution in [0.4, 0.5) is 15.1 Å². The predicted molar refractivity (Wildman–Crippen MR) is 117 cm³/mol. The molecule has 0 aliphatic rings. The monoisotopic (exact) mass is 414 g/mol. The number of carbonyl (C=O) groups is 1. The number of nitrogens with one attached hydrogen (secondary N) is 2. The van der Waals surface area contributed by atoms with Gasteiger partial charge < -0.3 is 15.4 Å². The first-order chi connectivity index (χ1) is 13.5. The van der Waals surface area contributed by atoms with Gasteiger partial charge >= 0.3 is 5.97 Å². The van der Waals surface area contributed by atoms with Crippen molar-refractivity contribution in [3.63, 3.8) is 0 Å². The number of thiocarbonyl (C=S) groups is 1. The predicted octanol–water partition coefficient (Wildman–Crippen LogP) is 5.85. The molecular weight excluding hydrogens is 395 g/mol. The summed E-state index contributed by atoms with van der Waals surface area (Å²) < 4.78 is 18.5. The van der Waals surface area contributed by atoms with E-state index in [9.17, 15) is 9.18 Å². The van der Waals surface area contributed by atoms with Crippen LogP contribution in [0, 0.1) is 12.7 Å². The van der Waals surface area contributed by atoms with Crippen molar-refractivity contribution < 1.29 is 13.9 Å². The van der Waals surface area contributed by atoms with Crippen molar-refractivity contribution in [3.8, 4) is 10.4 Å². The summed E-state index contributed by atoms with van der Waals surface area (Å²) >= 11 is 6.80. The minimum absolute atomic E-state index is 0.284.